The Morgan fingerprint density at radius 2 is 2.18 bits per heavy atom. The number of carbonyl (C=O) groups excluding carboxylic acids is 1. The van der Waals surface area contributed by atoms with Crippen LogP contribution in [0.15, 0.2) is 30.3 Å². The molecule has 5 heteroatoms. The van der Waals surface area contributed by atoms with E-state index in [-0.39, 0.29) is 18.5 Å². The lowest BCUT2D eigenvalue weighted by atomic mass is 9.98. The van der Waals surface area contributed by atoms with Crippen LogP contribution in [0.1, 0.15) is 19.8 Å². The van der Waals surface area contributed by atoms with E-state index >= 15 is 0 Å². The quantitative estimate of drug-likeness (QED) is 0.777. The largest absolute Gasteiger partial charge is 0.491 e. The Bertz CT molecular complexity index is 451. The van der Waals surface area contributed by atoms with Crippen molar-refractivity contribution in [3.63, 3.8) is 0 Å². The second-order valence-electron chi connectivity index (χ2n) is 5.63. The fraction of sp³-hybridized carbons (Fsp3) is 0.588. The summed E-state index contributed by atoms with van der Waals surface area (Å²) in [6.45, 7) is 4.57. The second kappa shape index (κ2) is 8.76. The number of para-hydroxylation sites is 1. The van der Waals surface area contributed by atoms with E-state index < -0.39 is 6.10 Å². The van der Waals surface area contributed by atoms with E-state index in [0.717, 1.165) is 25.1 Å². The molecule has 0 amide bonds. The lowest BCUT2D eigenvalue weighted by Gasteiger charge is -2.32. The Morgan fingerprint density at radius 3 is 2.91 bits per heavy atom. The third-order valence-electron chi connectivity index (χ3n) is 3.78. The predicted octanol–water partition coefficient (Wildman–Crippen LogP) is 1.70. The highest BCUT2D eigenvalue weighted by molar-refractivity contribution is 5.72. The summed E-state index contributed by atoms with van der Waals surface area (Å²) < 4.78 is 10.6. The minimum absolute atomic E-state index is 0.0732. The number of aliphatic hydroxyl groups excluding tert-OH is 1. The molecule has 1 fully saturated rings. The Hall–Kier alpha value is -1.59. The molecule has 0 aliphatic carbocycles. The standard InChI is InChI=1S/C17H25NO4/c1-2-21-17(20)14-7-6-10-18(11-14)12-15(19)13-22-16-8-4-3-5-9-16/h3-5,8-9,14-15,19H,2,6-7,10-13H2,1H3/t14-,15-/m1/s1. The van der Waals surface area contributed by atoms with Crippen LogP contribution in [0.3, 0.4) is 0 Å². The van der Waals surface area contributed by atoms with Gasteiger partial charge in [0.25, 0.3) is 0 Å². The van der Waals surface area contributed by atoms with Gasteiger partial charge in [0, 0.05) is 13.1 Å². The number of esters is 1. The molecule has 122 valence electrons. The molecule has 1 aromatic carbocycles. The van der Waals surface area contributed by atoms with E-state index in [1.165, 1.54) is 0 Å². The number of aliphatic hydroxyl groups is 1. The van der Waals surface area contributed by atoms with Crippen LogP contribution in [-0.4, -0.2) is 54.9 Å². The molecule has 0 unspecified atom stereocenters. The lowest BCUT2D eigenvalue weighted by Crippen LogP contribution is -2.44. The van der Waals surface area contributed by atoms with Crippen molar-refractivity contribution in [3.8, 4) is 5.75 Å². The summed E-state index contributed by atoms with van der Waals surface area (Å²) in [7, 11) is 0. The van der Waals surface area contributed by atoms with Gasteiger partial charge in [-0.1, -0.05) is 18.2 Å². The van der Waals surface area contributed by atoms with Gasteiger partial charge in [-0.25, -0.2) is 0 Å². The van der Waals surface area contributed by atoms with Crippen molar-refractivity contribution in [3.05, 3.63) is 30.3 Å². The van der Waals surface area contributed by atoms with Gasteiger partial charge in [0.05, 0.1) is 12.5 Å². The monoisotopic (exact) mass is 307 g/mol. The van der Waals surface area contributed by atoms with Crippen LogP contribution in [0.2, 0.25) is 0 Å². The number of hydrogen-bond donors (Lipinski definition) is 1. The van der Waals surface area contributed by atoms with Gasteiger partial charge >= 0.3 is 5.97 Å². The van der Waals surface area contributed by atoms with Gasteiger partial charge < -0.3 is 14.6 Å². The highest BCUT2D eigenvalue weighted by atomic mass is 16.5. The zero-order valence-electron chi connectivity index (χ0n) is 13.1. The highest BCUT2D eigenvalue weighted by Crippen LogP contribution is 2.18. The first-order valence-corrected chi connectivity index (χ1v) is 7.94. The molecule has 1 saturated heterocycles. The first-order chi connectivity index (χ1) is 10.7. The summed E-state index contributed by atoms with van der Waals surface area (Å²) in [5, 5.41) is 10.1. The molecule has 2 rings (SSSR count). The summed E-state index contributed by atoms with van der Waals surface area (Å²) in [6, 6.07) is 9.45. The fourth-order valence-corrected chi connectivity index (χ4v) is 2.73. The lowest BCUT2D eigenvalue weighted by molar-refractivity contribution is -0.150. The first kappa shape index (κ1) is 16.8. The maximum Gasteiger partial charge on any atom is 0.310 e. The number of β-amino-alcohol motifs (C(OH)–C–C–N with tert-alkyl or cyclic N) is 1. The van der Waals surface area contributed by atoms with Crippen molar-refractivity contribution in [2.75, 3.05) is 32.8 Å². The summed E-state index contributed by atoms with van der Waals surface area (Å²) in [5.41, 5.74) is 0. The third-order valence-corrected chi connectivity index (χ3v) is 3.78. The number of hydrogen-bond acceptors (Lipinski definition) is 5. The maximum atomic E-state index is 11.8. The molecular formula is C17H25NO4. The molecule has 1 aromatic rings. The molecule has 0 bridgehead atoms. The van der Waals surface area contributed by atoms with Crippen molar-refractivity contribution in [2.24, 2.45) is 5.92 Å². The molecule has 0 saturated carbocycles. The molecule has 1 heterocycles. The normalized spacial score (nSPS) is 20.4. The fourth-order valence-electron chi connectivity index (χ4n) is 2.73. The Labute approximate surface area is 131 Å². The molecule has 22 heavy (non-hydrogen) atoms. The van der Waals surface area contributed by atoms with Crippen LogP contribution in [0.25, 0.3) is 0 Å². The Morgan fingerprint density at radius 1 is 1.41 bits per heavy atom. The number of rotatable bonds is 7. The van der Waals surface area contributed by atoms with Gasteiger partial charge in [0.2, 0.25) is 0 Å². The van der Waals surface area contributed by atoms with Crippen LogP contribution in [0.5, 0.6) is 5.75 Å². The topological polar surface area (TPSA) is 59.0 Å². The van der Waals surface area contributed by atoms with Gasteiger partial charge in [0.15, 0.2) is 0 Å². The minimum Gasteiger partial charge on any atom is -0.491 e. The van der Waals surface area contributed by atoms with Gasteiger partial charge in [-0.3, -0.25) is 9.69 Å². The molecule has 0 aromatic heterocycles. The van der Waals surface area contributed by atoms with E-state index in [1.54, 1.807) is 0 Å². The number of carbonyl (C=O) groups is 1. The van der Waals surface area contributed by atoms with Gasteiger partial charge in [0.1, 0.15) is 18.5 Å². The van der Waals surface area contributed by atoms with E-state index in [0.29, 0.717) is 19.7 Å². The number of benzene rings is 1. The zero-order valence-corrected chi connectivity index (χ0v) is 13.1. The van der Waals surface area contributed by atoms with Crippen molar-refractivity contribution in [2.45, 2.75) is 25.9 Å². The molecule has 1 aliphatic rings. The predicted molar refractivity (Wildman–Crippen MR) is 83.7 cm³/mol. The minimum atomic E-state index is -0.568. The Kier molecular flexibility index (Phi) is 6.68. The molecule has 2 atom stereocenters. The smallest absolute Gasteiger partial charge is 0.310 e. The van der Waals surface area contributed by atoms with Gasteiger partial charge in [-0.2, -0.15) is 0 Å². The van der Waals surface area contributed by atoms with Crippen molar-refractivity contribution in [1.29, 1.82) is 0 Å². The maximum absolute atomic E-state index is 11.8. The number of piperidine rings is 1. The van der Waals surface area contributed by atoms with Crippen LogP contribution in [-0.2, 0) is 9.53 Å². The van der Waals surface area contributed by atoms with Crippen molar-refractivity contribution < 1.29 is 19.4 Å². The van der Waals surface area contributed by atoms with Crippen LogP contribution in [0.4, 0.5) is 0 Å². The third kappa shape index (κ3) is 5.31. The van der Waals surface area contributed by atoms with Gasteiger partial charge in [-0.15, -0.1) is 0 Å². The molecule has 5 nitrogen and oxygen atoms in total. The summed E-state index contributed by atoms with van der Waals surface area (Å²) in [5.74, 6) is 0.558. The first-order valence-electron chi connectivity index (χ1n) is 7.94. The number of nitrogens with zero attached hydrogens (tertiary/aromatic N) is 1. The molecule has 0 spiro atoms. The summed E-state index contributed by atoms with van der Waals surface area (Å²) in [4.78, 5) is 13.9. The van der Waals surface area contributed by atoms with E-state index in [2.05, 4.69) is 4.90 Å². The van der Waals surface area contributed by atoms with Crippen molar-refractivity contribution in [1.82, 2.24) is 4.90 Å². The van der Waals surface area contributed by atoms with E-state index in [4.69, 9.17) is 9.47 Å². The Balaban J connectivity index is 1.73. The van der Waals surface area contributed by atoms with E-state index in [1.807, 2.05) is 37.3 Å². The van der Waals surface area contributed by atoms with Gasteiger partial charge in [-0.05, 0) is 38.4 Å². The molecule has 1 aliphatic heterocycles. The molecular weight excluding hydrogens is 282 g/mol. The average molecular weight is 307 g/mol. The highest BCUT2D eigenvalue weighted by Gasteiger charge is 2.27. The van der Waals surface area contributed by atoms with E-state index in [9.17, 15) is 9.90 Å². The van der Waals surface area contributed by atoms with Crippen molar-refractivity contribution >= 4 is 5.97 Å². The summed E-state index contributed by atoms with van der Waals surface area (Å²) in [6.07, 6.45) is 1.25. The average Bonchev–Trinajstić information content (AvgIpc) is 2.54. The van der Waals surface area contributed by atoms with Crippen LogP contribution in [0, 0.1) is 5.92 Å². The number of likely N-dealkylation sites (tertiary alicyclic amines) is 1. The van der Waals surface area contributed by atoms with Crippen LogP contribution < -0.4 is 4.74 Å². The number of ether oxygens (including phenoxy) is 2. The molecule has 0 radical (unpaired) electrons. The second-order valence-corrected chi connectivity index (χ2v) is 5.63. The zero-order chi connectivity index (χ0) is 15.8. The summed E-state index contributed by atoms with van der Waals surface area (Å²) >= 11 is 0. The molecule has 1 N–H and O–H groups in total. The van der Waals surface area contributed by atoms with Crippen LogP contribution >= 0.6 is 0 Å². The SMILES string of the molecule is CCOC(=O)[C@@H]1CCCN(C[C@@H](O)COc2ccccc2)C1.